The van der Waals surface area contributed by atoms with E-state index in [1.54, 1.807) is 0 Å². The van der Waals surface area contributed by atoms with Gasteiger partial charge < -0.3 is 9.84 Å². The number of aryl methyl sites for hydroxylation is 2. The number of hydrogen-bond acceptors (Lipinski definition) is 2. The van der Waals surface area contributed by atoms with Crippen LogP contribution in [0.4, 0.5) is 0 Å². The molecular formula is C32H42O2. The van der Waals surface area contributed by atoms with Crippen LogP contribution >= 0.6 is 0 Å². The van der Waals surface area contributed by atoms with Gasteiger partial charge in [-0.15, -0.1) is 0 Å². The van der Waals surface area contributed by atoms with E-state index >= 15 is 0 Å². The van der Waals surface area contributed by atoms with Gasteiger partial charge in [0.25, 0.3) is 0 Å². The largest absolute Gasteiger partial charge is 0.507 e. The average Bonchev–Trinajstić information content (AvgIpc) is 2.73. The zero-order valence-corrected chi connectivity index (χ0v) is 22.4. The molecule has 1 atom stereocenters. The fourth-order valence-electron chi connectivity index (χ4n) is 5.30. The molecule has 3 rings (SSSR count). The molecule has 2 nitrogen and oxygen atoms in total. The number of hydrogen-bond donors (Lipinski definition) is 1. The van der Waals surface area contributed by atoms with Gasteiger partial charge in [0.1, 0.15) is 18.1 Å². The third-order valence-corrected chi connectivity index (χ3v) is 6.43. The highest BCUT2D eigenvalue weighted by Gasteiger charge is 2.25. The number of aliphatic hydroxyl groups excluding tert-OH is 1. The summed E-state index contributed by atoms with van der Waals surface area (Å²) in [7, 11) is 0. The standard InChI is InChI=1S/C32H42O2/c1-21-14-24(4)30(33)28(16-21)27(18-23(3)19-32(6,7)8)29-17-22(2)15-25(5)31(29)34-20-26-12-10-9-11-13-26/h9-15,17,23,33H,16,18-20H2,1-8H3. The number of ether oxygens (including phenoxy) is 1. The van der Waals surface area contributed by atoms with Crippen molar-refractivity contribution in [1.29, 1.82) is 0 Å². The van der Waals surface area contributed by atoms with E-state index in [0.717, 1.165) is 52.8 Å². The second-order valence-corrected chi connectivity index (χ2v) is 11.5. The van der Waals surface area contributed by atoms with E-state index in [1.807, 2.05) is 25.1 Å². The van der Waals surface area contributed by atoms with Gasteiger partial charge in [0.2, 0.25) is 0 Å². The van der Waals surface area contributed by atoms with Gasteiger partial charge in [-0.2, -0.15) is 0 Å². The first-order valence-electron chi connectivity index (χ1n) is 12.5. The first kappa shape index (κ1) is 25.9. The molecule has 1 N–H and O–H groups in total. The Kier molecular flexibility index (Phi) is 8.13. The molecule has 0 saturated carbocycles. The van der Waals surface area contributed by atoms with Crippen LogP contribution in [0.15, 0.2) is 71.0 Å². The van der Waals surface area contributed by atoms with Gasteiger partial charge in [-0.05, 0) is 92.2 Å². The van der Waals surface area contributed by atoms with Gasteiger partial charge in [0.15, 0.2) is 0 Å². The van der Waals surface area contributed by atoms with Crippen LogP contribution in [0.5, 0.6) is 5.75 Å². The van der Waals surface area contributed by atoms with Crippen molar-refractivity contribution in [2.75, 3.05) is 0 Å². The summed E-state index contributed by atoms with van der Waals surface area (Å²) >= 11 is 0. The normalized spacial score (nSPS) is 16.9. The van der Waals surface area contributed by atoms with Gasteiger partial charge in [-0.3, -0.25) is 0 Å². The Morgan fingerprint density at radius 3 is 2.35 bits per heavy atom. The quantitative estimate of drug-likeness (QED) is 0.448. The van der Waals surface area contributed by atoms with Crippen LogP contribution in [0, 0.1) is 25.2 Å². The Balaban J connectivity index is 2.14. The van der Waals surface area contributed by atoms with Crippen molar-refractivity contribution >= 4 is 5.57 Å². The maximum absolute atomic E-state index is 11.2. The SMILES string of the molecule is CC1=CC(C)=C(O)C(=C(CC(C)CC(C)(C)C)c2cc(C)cc(C)c2OCc2ccccc2)C1. The second-order valence-electron chi connectivity index (χ2n) is 11.5. The Labute approximate surface area is 207 Å². The van der Waals surface area contributed by atoms with Crippen LogP contribution in [0.3, 0.4) is 0 Å². The Bertz CT molecular complexity index is 1110. The average molecular weight is 459 g/mol. The Morgan fingerprint density at radius 1 is 1.03 bits per heavy atom. The van der Waals surface area contributed by atoms with Crippen molar-refractivity contribution in [1.82, 2.24) is 0 Å². The molecular weight excluding hydrogens is 416 g/mol. The third-order valence-electron chi connectivity index (χ3n) is 6.43. The highest BCUT2D eigenvalue weighted by Crippen LogP contribution is 2.43. The summed E-state index contributed by atoms with van der Waals surface area (Å²) in [5, 5.41) is 11.2. The Morgan fingerprint density at radius 2 is 1.71 bits per heavy atom. The van der Waals surface area contributed by atoms with Crippen molar-refractivity contribution < 1.29 is 9.84 Å². The number of benzene rings is 2. The van der Waals surface area contributed by atoms with Crippen molar-refractivity contribution in [2.45, 2.75) is 81.3 Å². The zero-order chi connectivity index (χ0) is 25.0. The van der Waals surface area contributed by atoms with Crippen LogP contribution in [-0.2, 0) is 6.61 Å². The van der Waals surface area contributed by atoms with Crippen molar-refractivity contribution in [3.63, 3.8) is 0 Å². The van der Waals surface area contributed by atoms with Crippen molar-refractivity contribution in [3.05, 3.63) is 93.3 Å². The summed E-state index contributed by atoms with van der Waals surface area (Å²) in [5.74, 6) is 1.83. The summed E-state index contributed by atoms with van der Waals surface area (Å²) in [6, 6.07) is 14.8. The molecule has 2 aromatic rings. The summed E-state index contributed by atoms with van der Waals surface area (Å²) in [6.45, 7) is 18.2. The van der Waals surface area contributed by atoms with E-state index in [9.17, 15) is 5.11 Å². The number of allylic oxidation sites excluding steroid dienone is 5. The van der Waals surface area contributed by atoms with Gasteiger partial charge in [-0.25, -0.2) is 0 Å². The Hall–Kier alpha value is -2.74. The lowest BCUT2D eigenvalue weighted by Crippen LogP contribution is -2.13. The van der Waals surface area contributed by atoms with Gasteiger partial charge in [0, 0.05) is 11.1 Å². The molecule has 1 aliphatic carbocycles. The topological polar surface area (TPSA) is 29.5 Å². The predicted molar refractivity (Wildman–Crippen MR) is 145 cm³/mol. The van der Waals surface area contributed by atoms with Gasteiger partial charge in [-0.1, -0.05) is 75.7 Å². The van der Waals surface area contributed by atoms with Gasteiger partial charge >= 0.3 is 0 Å². The molecule has 0 bridgehead atoms. The zero-order valence-electron chi connectivity index (χ0n) is 22.4. The second kappa shape index (κ2) is 10.7. The van der Waals surface area contributed by atoms with E-state index < -0.39 is 0 Å². The predicted octanol–water partition coefficient (Wildman–Crippen LogP) is 9.28. The van der Waals surface area contributed by atoms with E-state index in [-0.39, 0.29) is 5.41 Å². The number of aliphatic hydroxyl groups is 1. The van der Waals surface area contributed by atoms with E-state index in [1.165, 1.54) is 16.7 Å². The highest BCUT2D eigenvalue weighted by molar-refractivity contribution is 5.78. The first-order chi connectivity index (χ1) is 15.9. The van der Waals surface area contributed by atoms with Crippen LogP contribution < -0.4 is 4.74 Å². The molecule has 0 radical (unpaired) electrons. The fraction of sp³-hybridized carbons (Fsp3) is 0.438. The monoisotopic (exact) mass is 458 g/mol. The fourth-order valence-corrected chi connectivity index (χ4v) is 5.30. The molecule has 0 aliphatic heterocycles. The summed E-state index contributed by atoms with van der Waals surface area (Å²) in [6.07, 6.45) is 4.89. The molecule has 0 heterocycles. The molecule has 1 unspecified atom stereocenters. The minimum atomic E-state index is 0.251. The smallest absolute Gasteiger partial charge is 0.130 e. The molecule has 0 aromatic heterocycles. The molecule has 0 spiro atoms. The third kappa shape index (κ3) is 6.65. The van der Waals surface area contributed by atoms with Crippen molar-refractivity contribution in [3.8, 4) is 5.75 Å². The lowest BCUT2D eigenvalue weighted by molar-refractivity contribution is 0.301. The minimum Gasteiger partial charge on any atom is -0.507 e. The van der Waals surface area contributed by atoms with Crippen LogP contribution in [0.2, 0.25) is 0 Å². The molecule has 1 aliphatic rings. The molecule has 34 heavy (non-hydrogen) atoms. The van der Waals surface area contributed by atoms with Crippen LogP contribution in [0.1, 0.15) is 83.1 Å². The lowest BCUT2D eigenvalue weighted by Gasteiger charge is -2.28. The van der Waals surface area contributed by atoms with E-state index in [4.69, 9.17) is 4.74 Å². The van der Waals surface area contributed by atoms with Gasteiger partial charge in [0.05, 0.1) is 0 Å². The molecule has 182 valence electrons. The summed E-state index contributed by atoms with van der Waals surface area (Å²) < 4.78 is 6.51. The highest BCUT2D eigenvalue weighted by atomic mass is 16.5. The number of rotatable bonds is 7. The molecule has 0 amide bonds. The molecule has 0 saturated heterocycles. The van der Waals surface area contributed by atoms with Crippen LogP contribution in [0.25, 0.3) is 5.57 Å². The van der Waals surface area contributed by atoms with Crippen LogP contribution in [-0.4, -0.2) is 5.11 Å². The molecule has 2 heteroatoms. The molecule has 0 fully saturated rings. The molecule has 2 aromatic carbocycles. The lowest BCUT2D eigenvalue weighted by atomic mass is 9.79. The summed E-state index contributed by atoms with van der Waals surface area (Å²) in [4.78, 5) is 0. The maximum Gasteiger partial charge on any atom is 0.130 e. The van der Waals surface area contributed by atoms with Crippen molar-refractivity contribution in [2.24, 2.45) is 11.3 Å². The maximum atomic E-state index is 11.2. The summed E-state index contributed by atoms with van der Waals surface area (Å²) in [5.41, 5.74) is 9.36. The van der Waals surface area contributed by atoms with E-state index in [0.29, 0.717) is 18.3 Å². The first-order valence-corrected chi connectivity index (χ1v) is 12.5. The van der Waals surface area contributed by atoms with E-state index in [2.05, 4.69) is 78.8 Å². The minimum absolute atomic E-state index is 0.251.